The van der Waals surface area contributed by atoms with Crippen molar-refractivity contribution in [3.05, 3.63) is 53.9 Å². The minimum atomic E-state index is -3.81. The molecule has 1 amide bonds. The highest BCUT2D eigenvalue weighted by Crippen LogP contribution is 2.16. The summed E-state index contributed by atoms with van der Waals surface area (Å²) in [6, 6.07) is 7.65. The van der Waals surface area contributed by atoms with Crippen molar-refractivity contribution in [1.82, 2.24) is 9.29 Å². The molecule has 0 saturated carbocycles. The summed E-state index contributed by atoms with van der Waals surface area (Å²) in [5, 5.41) is 11.4. The Balaban J connectivity index is 2.28. The van der Waals surface area contributed by atoms with E-state index in [1.165, 1.54) is 38.2 Å². The number of aromatic nitrogens is 1. The van der Waals surface area contributed by atoms with Crippen molar-refractivity contribution in [2.45, 2.75) is 31.2 Å². The maximum atomic E-state index is 12.5. The Bertz CT molecular complexity index is 879. The van der Waals surface area contributed by atoms with Gasteiger partial charge in [0.25, 0.3) is 15.9 Å². The molecule has 2 N–H and O–H groups in total. The lowest BCUT2D eigenvalue weighted by Crippen LogP contribution is -2.49. The Morgan fingerprint density at radius 3 is 2.25 bits per heavy atom. The normalized spacial score (nSPS) is 12.0. The number of hydrogen-bond acceptors (Lipinski definition) is 4. The Hall–Kier alpha value is -2.61. The molecule has 2 rings (SSSR count). The zero-order valence-corrected chi connectivity index (χ0v) is 14.3. The maximum Gasteiger partial charge on any atom is 0.328 e. The topological polar surface area (TPSA) is 105 Å². The van der Waals surface area contributed by atoms with Gasteiger partial charge in [-0.3, -0.25) is 4.79 Å². The molecule has 0 spiro atoms. The first-order valence-electron chi connectivity index (χ1n) is 7.10. The van der Waals surface area contributed by atoms with Crippen LogP contribution in [0, 0.1) is 6.92 Å². The summed E-state index contributed by atoms with van der Waals surface area (Å²) in [4.78, 5) is 23.3. The minimum absolute atomic E-state index is 0.0556. The fourth-order valence-electron chi connectivity index (χ4n) is 1.90. The molecule has 1 heterocycles. The second kappa shape index (κ2) is 6.12. The van der Waals surface area contributed by atoms with E-state index in [9.17, 15) is 18.0 Å². The van der Waals surface area contributed by atoms with Crippen LogP contribution in [0.15, 0.2) is 47.6 Å². The molecule has 0 saturated heterocycles. The van der Waals surface area contributed by atoms with Crippen molar-refractivity contribution in [2.75, 3.05) is 0 Å². The van der Waals surface area contributed by atoms with Crippen LogP contribution in [0.4, 0.5) is 0 Å². The minimum Gasteiger partial charge on any atom is -0.480 e. The van der Waals surface area contributed by atoms with Crippen LogP contribution >= 0.6 is 0 Å². The lowest BCUT2D eigenvalue weighted by atomic mass is 10.1. The first kappa shape index (κ1) is 17.7. The molecule has 128 valence electrons. The summed E-state index contributed by atoms with van der Waals surface area (Å²) in [5.41, 5.74) is -0.480. The number of aryl methyl sites for hydroxylation is 1. The van der Waals surface area contributed by atoms with Crippen molar-refractivity contribution in [2.24, 2.45) is 0 Å². The number of rotatable bonds is 5. The predicted molar refractivity (Wildman–Crippen MR) is 87.4 cm³/mol. The Kier molecular flexibility index (Phi) is 4.52. The quantitative estimate of drug-likeness (QED) is 0.852. The van der Waals surface area contributed by atoms with Crippen LogP contribution in [0.3, 0.4) is 0 Å². The average Bonchev–Trinajstić information content (AvgIpc) is 2.97. The molecule has 0 atom stereocenters. The number of hydrogen-bond donors (Lipinski definition) is 2. The third-order valence-electron chi connectivity index (χ3n) is 3.49. The molecular formula is C16H18N2O5S. The highest BCUT2D eigenvalue weighted by atomic mass is 32.2. The van der Waals surface area contributed by atoms with Gasteiger partial charge in [-0.05, 0) is 39.0 Å². The van der Waals surface area contributed by atoms with Crippen LogP contribution in [0.2, 0.25) is 0 Å². The highest BCUT2D eigenvalue weighted by molar-refractivity contribution is 7.90. The van der Waals surface area contributed by atoms with Gasteiger partial charge in [0.2, 0.25) is 0 Å². The van der Waals surface area contributed by atoms with Gasteiger partial charge in [-0.25, -0.2) is 17.2 Å². The van der Waals surface area contributed by atoms with Crippen molar-refractivity contribution >= 4 is 21.9 Å². The van der Waals surface area contributed by atoms with Crippen LogP contribution in [0.25, 0.3) is 0 Å². The van der Waals surface area contributed by atoms with E-state index in [0.29, 0.717) is 0 Å². The number of carbonyl (C=O) groups is 2. The van der Waals surface area contributed by atoms with Gasteiger partial charge in [-0.15, -0.1) is 0 Å². The molecular weight excluding hydrogens is 332 g/mol. The van der Waals surface area contributed by atoms with Crippen LogP contribution in [0.1, 0.15) is 29.8 Å². The lowest BCUT2D eigenvalue weighted by Gasteiger charge is -2.20. The number of benzene rings is 1. The maximum absolute atomic E-state index is 12.5. The predicted octanol–water partition coefficient (Wildman–Crippen LogP) is 1.63. The SMILES string of the molecule is Cc1ccc(S(=O)(=O)n2ccc(C(=O)NC(C)(C)C(=O)O)c2)cc1. The van der Waals surface area contributed by atoms with E-state index in [2.05, 4.69) is 5.32 Å². The lowest BCUT2D eigenvalue weighted by molar-refractivity contribution is -0.143. The standard InChI is InChI=1S/C16H18N2O5S/c1-11-4-6-13(7-5-11)24(22,23)18-9-8-12(10-18)14(19)17-16(2,3)15(20)21/h4-10H,1-3H3,(H,17,19)(H,20,21). The highest BCUT2D eigenvalue weighted by Gasteiger charge is 2.30. The van der Waals surface area contributed by atoms with Gasteiger partial charge in [-0.2, -0.15) is 0 Å². The van der Waals surface area contributed by atoms with Crippen molar-refractivity contribution in [1.29, 1.82) is 0 Å². The number of carbonyl (C=O) groups excluding carboxylic acids is 1. The molecule has 2 aromatic rings. The summed E-state index contributed by atoms with van der Waals surface area (Å²) in [7, 11) is -3.81. The van der Waals surface area contributed by atoms with E-state index in [1.54, 1.807) is 12.1 Å². The number of aliphatic carboxylic acids is 1. The van der Waals surface area contributed by atoms with Crippen molar-refractivity contribution in [3.8, 4) is 0 Å². The van der Waals surface area contributed by atoms with E-state index in [-0.39, 0.29) is 10.5 Å². The van der Waals surface area contributed by atoms with Gasteiger partial charge in [-0.1, -0.05) is 17.7 Å². The molecule has 1 aromatic carbocycles. The summed E-state index contributed by atoms with van der Waals surface area (Å²) in [6.07, 6.45) is 2.40. The second-order valence-electron chi connectivity index (χ2n) is 5.93. The van der Waals surface area contributed by atoms with Gasteiger partial charge >= 0.3 is 5.97 Å². The number of amides is 1. The van der Waals surface area contributed by atoms with Crippen LogP contribution in [-0.4, -0.2) is 34.9 Å². The van der Waals surface area contributed by atoms with Gasteiger partial charge in [0.15, 0.2) is 0 Å². The van der Waals surface area contributed by atoms with E-state index < -0.39 is 27.4 Å². The van der Waals surface area contributed by atoms with Gasteiger partial charge in [0, 0.05) is 12.4 Å². The molecule has 7 nitrogen and oxygen atoms in total. The van der Waals surface area contributed by atoms with Crippen LogP contribution in [-0.2, 0) is 14.8 Å². The molecule has 0 fully saturated rings. The molecule has 8 heteroatoms. The fraction of sp³-hybridized carbons (Fsp3) is 0.250. The van der Waals surface area contributed by atoms with E-state index in [1.807, 2.05) is 6.92 Å². The number of nitrogens with zero attached hydrogens (tertiary/aromatic N) is 1. The van der Waals surface area contributed by atoms with Crippen LogP contribution < -0.4 is 5.32 Å². The first-order chi connectivity index (χ1) is 11.0. The zero-order valence-electron chi connectivity index (χ0n) is 13.5. The van der Waals surface area contributed by atoms with Crippen molar-refractivity contribution in [3.63, 3.8) is 0 Å². The fourth-order valence-corrected chi connectivity index (χ4v) is 3.10. The molecule has 24 heavy (non-hydrogen) atoms. The number of carboxylic acids is 1. The van der Waals surface area contributed by atoms with Gasteiger partial charge < -0.3 is 10.4 Å². The smallest absolute Gasteiger partial charge is 0.328 e. The molecule has 0 unspecified atom stereocenters. The largest absolute Gasteiger partial charge is 0.480 e. The zero-order chi connectivity index (χ0) is 18.1. The molecule has 0 aliphatic heterocycles. The monoisotopic (exact) mass is 350 g/mol. The molecule has 0 radical (unpaired) electrons. The van der Waals surface area contributed by atoms with Crippen molar-refractivity contribution < 1.29 is 23.1 Å². The average molecular weight is 350 g/mol. The Labute approximate surface area is 140 Å². The molecule has 0 bridgehead atoms. The Morgan fingerprint density at radius 1 is 1.12 bits per heavy atom. The Morgan fingerprint density at radius 2 is 1.71 bits per heavy atom. The van der Waals surface area contributed by atoms with Gasteiger partial charge in [0.05, 0.1) is 10.5 Å². The molecule has 1 aromatic heterocycles. The number of carboxylic acid groups (broad SMARTS) is 1. The third-order valence-corrected chi connectivity index (χ3v) is 5.14. The molecule has 0 aliphatic carbocycles. The van der Waals surface area contributed by atoms with E-state index in [4.69, 9.17) is 5.11 Å². The summed E-state index contributed by atoms with van der Waals surface area (Å²) >= 11 is 0. The molecule has 0 aliphatic rings. The summed E-state index contributed by atoms with van der Waals surface area (Å²) in [5.74, 6) is -1.86. The third kappa shape index (κ3) is 3.48. The first-order valence-corrected chi connectivity index (χ1v) is 8.54. The summed E-state index contributed by atoms with van der Waals surface area (Å²) in [6.45, 7) is 4.53. The second-order valence-corrected chi connectivity index (χ2v) is 7.78. The summed E-state index contributed by atoms with van der Waals surface area (Å²) < 4.78 is 26.0. The van der Waals surface area contributed by atoms with Crippen LogP contribution in [0.5, 0.6) is 0 Å². The van der Waals surface area contributed by atoms with E-state index >= 15 is 0 Å². The van der Waals surface area contributed by atoms with E-state index in [0.717, 1.165) is 15.7 Å². The number of nitrogens with one attached hydrogen (secondary N) is 1. The van der Waals surface area contributed by atoms with Gasteiger partial charge in [0.1, 0.15) is 5.54 Å².